The summed E-state index contributed by atoms with van der Waals surface area (Å²) in [5.74, 6) is -0.320. The van der Waals surface area contributed by atoms with Gasteiger partial charge in [0.1, 0.15) is 31.9 Å². The Morgan fingerprint density at radius 1 is 1.30 bits per heavy atom. The molecule has 0 saturated carbocycles. The minimum atomic E-state index is -0.679. The summed E-state index contributed by atoms with van der Waals surface area (Å²) in [6, 6.07) is 0. The summed E-state index contributed by atoms with van der Waals surface area (Å²) in [6.45, 7) is 5.21. The monoisotopic (exact) mass is 378 g/mol. The number of imidazole rings is 1. The van der Waals surface area contributed by atoms with Crippen LogP contribution >= 0.6 is 0 Å². The minimum Gasteiger partial charge on any atom is -0.493 e. The number of nitrogens with one attached hydrogen (secondary N) is 1. The minimum absolute atomic E-state index is 0.0156. The van der Waals surface area contributed by atoms with Crippen LogP contribution in [0.2, 0.25) is 0 Å². The Morgan fingerprint density at radius 3 is 2.78 bits per heavy atom. The average molecular weight is 378 g/mol. The highest BCUT2D eigenvalue weighted by Crippen LogP contribution is 2.14. The average Bonchev–Trinajstić information content (AvgIpc) is 3.05. The van der Waals surface area contributed by atoms with Crippen molar-refractivity contribution in [2.75, 3.05) is 13.2 Å². The summed E-state index contributed by atoms with van der Waals surface area (Å²) >= 11 is 0. The van der Waals surface area contributed by atoms with Gasteiger partial charge >= 0.3 is 11.7 Å². The van der Waals surface area contributed by atoms with Crippen molar-refractivity contribution in [2.45, 2.75) is 46.4 Å². The van der Waals surface area contributed by atoms with Crippen molar-refractivity contribution in [1.82, 2.24) is 19.1 Å². The molecule has 0 radical (unpaired) electrons. The highest BCUT2D eigenvalue weighted by molar-refractivity contribution is 5.86. The van der Waals surface area contributed by atoms with Crippen LogP contribution in [0.5, 0.6) is 0 Å². The largest absolute Gasteiger partial charge is 0.493 e. The molecular weight excluding hydrogens is 356 g/mol. The van der Waals surface area contributed by atoms with Gasteiger partial charge in [-0.2, -0.15) is 0 Å². The number of fused-ring (bicyclic) bond motifs is 1. The van der Waals surface area contributed by atoms with E-state index in [1.807, 2.05) is 13.8 Å². The van der Waals surface area contributed by atoms with E-state index in [9.17, 15) is 14.4 Å². The Balaban J connectivity index is 1.94. The second-order valence-corrected chi connectivity index (χ2v) is 5.99. The fourth-order valence-electron chi connectivity index (χ4n) is 2.87. The standard InChI is InChI=1S/C17H22N4O6/c1-3-5-6-21-14-13(15(22)19-17(21)24)20(4-2)12(18-14)10-27-16(23)11-9-25-7-8-26-11/h9H,3-8,10H2,1-2H3,(H,19,22,24). The topological polar surface area (TPSA) is 117 Å². The van der Waals surface area contributed by atoms with Crippen LogP contribution in [-0.4, -0.2) is 38.3 Å². The molecule has 0 atom stereocenters. The van der Waals surface area contributed by atoms with E-state index in [-0.39, 0.29) is 24.5 Å². The maximum absolute atomic E-state index is 12.3. The zero-order valence-electron chi connectivity index (χ0n) is 15.3. The van der Waals surface area contributed by atoms with Gasteiger partial charge in [-0.1, -0.05) is 13.3 Å². The fourth-order valence-corrected chi connectivity index (χ4v) is 2.87. The maximum Gasteiger partial charge on any atom is 0.377 e. The second kappa shape index (κ2) is 8.11. The predicted octanol–water partition coefficient (Wildman–Crippen LogP) is 0.638. The summed E-state index contributed by atoms with van der Waals surface area (Å²) in [7, 11) is 0. The third-order valence-electron chi connectivity index (χ3n) is 4.20. The molecule has 3 heterocycles. The molecule has 0 fully saturated rings. The number of unbranched alkanes of at least 4 members (excludes halogenated alkanes) is 1. The van der Waals surface area contributed by atoms with Crippen LogP contribution < -0.4 is 11.2 Å². The summed E-state index contributed by atoms with van der Waals surface area (Å²) in [5, 5.41) is 0. The second-order valence-electron chi connectivity index (χ2n) is 5.99. The molecule has 0 bridgehead atoms. The molecule has 2 aromatic heterocycles. The highest BCUT2D eigenvalue weighted by atomic mass is 16.6. The van der Waals surface area contributed by atoms with Gasteiger partial charge in [0.05, 0.1) is 0 Å². The first-order chi connectivity index (χ1) is 13.1. The van der Waals surface area contributed by atoms with Crippen molar-refractivity contribution in [1.29, 1.82) is 0 Å². The first kappa shape index (κ1) is 18.7. The molecule has 3 rings (SSSR count). The molecule has 10 heteroatoms. The number of hydrogen-bond acceptors (Lipinski definition) is 7. The van der Waals surface area contributed by atoms with Crippen LogP contribution in [0.25, 0.3) is 11.2 Å². The lowest BCUT2D eigenvalue weighted by Gasteiger charge is -2.14. The molecule has 146 valence electrons. The van der Waals surface area contributed by atoms with Crippen molar-refractivity contribution < 1.29 is 19.0 Å². The quantitative estimate of drug-likeness (QED) is 0.703. The van der Waals surface area contributed by atoms with Crippen molar-refractivity contribution in [2.24, 2.45) is 0 Å². The van der Waals surface area contributed by atoms with E-state index in [0.29, 0.717) is 31.2 Å². The highest BCUT2D eigenvalue weighted by Gasteiger charge is 2.21. The lowest BCUT2D eigenvalue weighted by Crippen LogP contribution is -2.31. The van der Waals surface area contributed by atoms with Crippen LogP contribution in [0.4, 0.5) is 0 Å². The molecule has 1 aliphatic heterocycles. The third kappa shape index (κ3) is 3.74. The molecule has 27 heavy (non-hydrogen) atoms. The molecule has 0 aromatic carbocycles. The van der Waals surface area contributed by atoms with Crippen molar-refractivity contribution in [3.63, 3.8) is 0 Å². The van der Waals surface area contributed by atoms with Gasteiger partial charge in [-0.15, -0.1) is 0 Å². The van der Waals surface area contributed by atoms with Crippen molar-refractivity contribution in [3.05, 3.63) is 38.7 Å². The normalized spacial score (nSPS) is 13.8. The Hall–Kier alpha value is -3.04. The number of aryl methyl sites for hydroxylation is 2. The predicted molar refractivity (Wildman–Crippen MR) is 95.0 cm³/mol. The number of aromatic amines is 1. The van der Waals surface area contributed by atoms with Gasteiger partial charge in [-0.3, -0.25) is 14.3 Å². The number of carbonyl (C=O) groups excluding carboxylic acids is 1. The molecule has 0 amide bonds. The van der Waals surface area contributed by atoms with Crippen LogP contribution in [0.3, 0.4) is 0 Å². The SMILES string of the molecule is CCCCn1c(=O)[nH]c(=O)c2c1nc(COC(=O)C1=COCCO1)n2CC. The number of aromatic nitrogens is 4. The van der Waals surface area contributed by atoms with Crippen LogP contribution in [0, 0.1) is 0 Å². The van der Waals surface area contributed by atoms with E-state index < -0.39 is 17.2 Å². The zero-order valence-corrected chi connectivity index (χ0v) is 15.3. The Morgan fingerprint density at radius 2 is 2.11 bits per heavy atom. The summed E-state index contributed by atoms with van der Waals surface area (Å²) in [5.41, 5.74) is -0.429. The number of rotatable bonds is 7. The van der Waals surface area contributed by atoms with Gasteiger partial charge in [0, 0.05) is 13.1 Å². The van der Waals surface area contributed by atoms with E-state index in [1.54, 1.807) is 4.57 Å². The summed E-state index contributed by atoms with van der Waals surface area (Å²) in [4.78, 5) is 43.3. The molecule has 0 aliphatic carbocycles. The molecule has 1 aliphatic rings. The number of carbonyl (C=O) groups is 1. The molecule has 1 N–H and O–H groups in total. The number of esters is 1. The van der Waals surface area contributed by atoms with Gasteiger partial charge in [0.15, 0.2) is 11.2 Å². The van der Waals surface area contributed by atoms with Crippen LogP contribution in [-0.2, 0) is 38.7 Å². The number of H-pyrrole nitrogens is 1. The molecular formula is C17H22N4O6. The molecule has 10 nitrogen and oxygen atoms in total. The van der Waals surface area contributed by atoms with Gasteiger partial charge in [-0.05, 0) is 13.3 Å². The van der Waals surface area contributed by atoms with Crippen molar-refractivity contribution in [3.8, 4) is 0 Å². The zero-order chi connectivity index (χ0) is 19.4. The van der Waals surface area contributed by atoms with Gasteiger partial charge in [-0.25, -0.2) is 14.6 Å². The Bertz CT molecular complexity index is 984. The van der Waals surface area contributed by atoms with E-state index >= 15 is 0 Å². The number of nitrogens with zero attached hydrogens (tertiary/aromatic N) is 3. The van der Waals surface area contributed by atoms with Gasteiger partial charge in [0.25, 0.3) is 5.56 Å². The smallest absolute Gasteiger partial charge is 0.377 e. The first-order valence-corrected chi connectivity index (χ1v) is 8.90. The molecule has 0 unspecified atom stereocenters. The Kier molecular flexibility index (Phi) is 5.63. The molecule has 2 aromatic rings. The number of hydrogen-bond donors (Lipinski definition) is 1. The van der Waals surface area contributed by atoms with Gasteiger partial charge < -0.3 is 18.8 Å². The van der Waals surface area contributed by atoms with E-state index in [1.165, 1.54) is 10.8 Å². The van der Waals surface area contributed by atoms with E-state index in [4.69, 9.17) is 14.2 Å². The lowest BCUT2D eigenvalue weighted by atomic mass is 10.3. The maximum atomic E-state index is 12.3. The lowest BCUT2D eigenvalue weighted by molar-refractivity contribution is -0.146. The van der Waals surface area contributed by atoms with Crippen LogP contribution in [0.15, 0.2) is 21.6 Å². The number of ether oxygens (including phenoxy) is 3. The van der Waals surface area contributed by atoms with E-state index in [0.717, 1.165) is 12.8 Å². The summed E-state index contributed by atoms with van der Waals surface area (Å²) in [6.07, 6.45) is 2.88. The van der Waals surface area contributed by atoms with E-state index in [2.05, 4.69) is 9.97 Å². The van der Waals surface area contributed by atoms with Crippen LogP contribution in [0.1, 0.15) is 32.5 Å². The van der Waals surface area contributed by atoms with Gasteiger partial charge in [0.2, 0.25) is 5.76 Å². The summed E-state index contributed by atoms with van der Waals surface area (Å²) < 4.78 is 18.5. The molecule has 0 spiro atoms. The third-order valence-corrected chi connectivity index (χ3v) is 4.20. The Labute approximate surface area is 154 Å². The van der Waals surface area contributed by atoms with Crippen molar-refractivity contribution >= 4 is 17.1 Å². The fraction of sp³-hybridized carbons (Fsp3) is 0.529. The molecule has 0 saturated heterocycles. The first-order valence-electron chi connectivity index (χ1n) is 8.90.